The van der Waals surface area contributed by atoms with Crippen molar-refractivity contribution in [1.29, 1.82) is 0 Å². The SMILES string of the molecule is C=C(C)/C=C(/N(C)CCCCCc1ccc(F)cc1C(=C)C)n1nc(C(C)CCCCC)cc1C. The van der Waals surface area contributed by atoms with Crippen LogP contribution in [0.4, 0.5) is 4.39 Å². The van der Waals surface area contributed by atoms with Crippen molar-refractivity contribution >= 4 is 11.4 Å². The third-order valence-electron chi connectivity index (χ3n) is 6.61. The fourth-order valence-electron chi connectivity index (χ4n) is 4.49. The van der Waals surface area contributed by atoms with Crippen molar-refractivity contribution in [2.24, 2.45) is 0 Å². The molecule has 1 atom stereocenters. The zero-order valence-corrected chi connectivity index (χ0v) is 23.0. The Balaban J connectivity index is 1.99. The van der Waals surface area contributed by atoms with Gasteiger partial charge >= 0.3 is 0 Å². The van der Waals surface area contributed by atoms with Crippen LogP contribution in [0.25, 0.3) is 11.4 Å². The molecule has 0 amide bonds. The molecule has 0 saturated carbocycles. The molecule has 2 aromatic rings. The molecule has 1 unspecified atom stereocenters. The smallest absolute Gasteiger partial charge is 0.130 e. The van der Waals surface area contributed by atoms with E-state index in [1.54, 1.807) is 12.1 Å². The summed E-state index contributed by atoms with van der Waals surface area (Å²) >= 11 is 0. The molecule has 1 heterocycles. The van der Waals surface area contributed by atoms with Gasteiger partial charge in [-0.3, -0.25) is 0 Å². The molecule has 1 aromatic carbocycles. The summed E-state index contributed by atoms with van der Waals surface area (Å²) in [6, 6.07) is 7.29. The predicted molar refractivity (Wildman–Crippen MR) is 150 cm³/mol. The third-order valence-corrected chi connectivity index (χ3v) is 6.61. The number of hydrogen-bond donors (Lipinski definition) is 0. The summed E-state index contributed by atoms with van der Waals surface area (Å²) < 4.78 is 15.7. The molecule has 4 heteroatoms. The normalized spacial score (nSPS) is 12.6. The fraction of sp³-hybridized carbons (Fsp3) is 0.516. The van der Waals surface area contributed by atoms with Gasteiger partial charge in [-0.1, -0.05) is 69.9 Å². The zero-order chi connectivity index (χ0) is 26.0. The van der Waals surface area contributed by atoms with Crippen LogP contribution in [-0.4, -0.2) is 28.3 Å². The number of nitrogens with zero attached hydrogens (tertiary/aromatic N) is 3. The van der Waals surface area contributed by atoms with Crippen LogP contribution in [-0.2, 0) is 6.42 Å². The summed E-state index contributed by atoms with van der Waals surface area (Å²) in [7, 11) is 2.14. The Bertz CT molecular complexity index is 1010. The first kappa shape index (κ1) is 28.6. The number of benzene rings is 1. The Morgan fingerprint density at radius 1 is 1.11 bits per heavy atom. The first-order chi connectivity index (χ1) is 16.6. The lowest BCUT2D eigenvalue weighted by molar-refractivity contribution is 0.423. The van der Waals surface area contributed by atoms with Crippen molar-refractivity contribution in [3.63, 3.8) is 0 Å². The van der Waals surface area contributed by atoms with E-state index in [1.807, 2.05) is 19.9 Å². The Morgan fingerprint density at radius 3 is 2.51 bits per heavy atom. The van der Waals surface area contributed by atoms with Crippen molar-refractivity contribution in [2.75, 3.05) is 13.6 Å². The average Bonchev–Trinajstić information content (AvgIpc) is 3.19. The summed E-state index contributed by atoms with van der Waals surface area (Å²) in [5.74, 6) is 1.34. The molecular weight excluding hydrogens is 433 g/mol. The number of unbranched alkanes of at least 4 members (excludes halogenated alkanes) is 4. The molecule has 35 heavy (non-hydrogen) atoms. The molecule has 0 aliphatic rings. The number of allylic oxidation sites excluding steroid dienone is 3. The van der Waals surface area contributed by atoms with E-state index in [1.165, 1.54) is 36.9 Å². The molecule has 0 spiro atoms. The quantitative estimate of drug-likeness (QED) is 0.188. The van der Waals surface area contributed by atoms with Crippen LogP contribution >= 0.6 is 0 Å². The lowest BCUT2D eigenvalue weighted by Crippen LogP contribution is -2.23. The van der Waals surface area contributed by atoms with Gasteiger partial charge in [-0.25, -0.2) is 9.07 Å². The van der Waals surface area contributed by atoms with Crippen LogP contribution in [0.3, 0.4) is 0 Å². The van der Waals surface area contributed by atoms with Crippen LogP contribution in [0.15, 0.2) is 49.1 Å². The highest BCUT2D eigenvalue weighted by molar-refractivity contribution is 5.64. The Morgan fingerprint density at radius 2 is 1.86 bits per heavy atom. The maximum atomic E-state index is 13.6. The van der Waals surface area contributed by atoms with E-state index in [0.29, 0.717) is 5.92 Å². The summed E-state index contributed by atoms with van der Waals surface area (Å²) in [6.07, 6.45) is 11.3. The van der Waals surface area contributed by atoms with Gasteiger partial charge in [0.05, 0.1) is 5.69 Å². The van der Waals surface area contributed by atoms with Crippen molar-refractivity contribution in [2.45, 2.75) is 91.9 Å². The Labute approximate surface area is 213 Å². The van der Waals surface area contributed by atoms with Crippen LogP contribution in [0.1, 0.15) is 101 Å². The Kier molecular flexibility index (Phi) is 11.5. The third kappa shape index (κ3) is 8.83. The zero-order valence-electron chi connectivity index (χ0n) is 23.0. The second-order valence-corrected chi connectivity index (χ2v) is 10.2. The van der Waals surface area contributed by atoms with Crippen molar-refractivity contribution in [1.82, 2.24) is 14.7 Å². The van der Waals surface area contributed by atoms with Gasteiger partial charge in [-0.2, -0.15) is 5.10 Å². The number of rotatable bonds is 15. The van der Waals surface area contributed by atoms with E-state index in [2.05, 4.69) is 62.7 Å². The molecule has 2 rings (SSSR count). The van der Waals surface area contributed by atoms with E-state index in [-0.39, 0.29) is 5.82 Å². The van der Waals surface area contributed by atoms with Gasteiger partial charge in [0, 0.05) is 25.2 Å². The highest BCUT2D eigenvalue weighted by atomic mass is 19.1. The number of aromatic nitrogens is 2. The van der Waals surface area contributed by atoms with E-state index >= 15 is 0 Å². The minimum atomic E-state index is -0.197. The van der Waals surface area contributed by atoms with Gasteiger partial charge in [0.1, 0.15) is 11.6 Å². The van der Waals surface area contributed by atoms with Crippen LogP contribution in [0.5, 0.6) is 0 Å². The molecule has 0 aliphatic carbocycles. The molecule has 0 bridgehead atoms. The van der Waals surface area contributed by atoms with Gasteiger partial charge in [0.2, 0.25) is 0 Å². The highest BCUT2D eigenvalue weighted by Crippen LogP contribution is 2.25. The Hall–Kier alpha value is -2.62. The second kappa shape index (κ2) is 14.1. The van der Waals surface area contributed by atoms with E-state index < -0.39 is 0 Å². The summed E-state index contributed by atoms with van der Waals surface area (Å²) in [6.45, 7) is 19.7. The van der Waals surface area contributed by atoms with Crippen LogP contribution in [0, 0.1) is 12.7 Å². The predicted octanol–water partition coefficient (Wildman–Crippen LogP) is 8.77. The molecule has 0 radical (unpaired) electrons. The van der Waals surface area contributed by atoms with Crippen LogP contribution < -0.4 is 0 Å². The van der Waals surface area contributed by atoms with Gasteiger partial charge in [-0.15, -0.1) is 0 Å². The first-order valence-electron chi connectivity index (χ1n) is 13.2. The molecule has 3 nitrogen and oxygen atoms in total. The van der Waals surface area contributed by atoms with E-state index in [0.717, 1.165) is 60.5 Å². The monoisotopic (exact) mass is 479 g/mol. The maximum Gasteiger partial charge on any atom is 0.130 e. The lowest BCUT2D eigenvalue weighted by Gasteiger charge is -2.24. The largest absolute Gasteiger partial charge is 0.360 e. The van der Waals surface area contributed by atoms with Gasteiger partial charge in [-0.05, 0) is 81.9 Å². The molecule has 0 N–H and O–H groups in total. The summed E-state index contributed by atoms with van der Waals surface area (Å²) in [5.41, 5.74) is 6.40. The topological polar surface area (TPSA) is 21.1 Å². The standard InChI is InChI=1S/C31H46FN3/c1-9-10-12-15-25(6)30-21-26(7)35(33-30)31(20-23(2)3)34(8)19-14-11-13-16-27-17-18-28(32)22-29(27)24(4)5/h17-18,20-22,25H,2,4,9-16,19H2,1,3,5-8H3/b31-20-. The second-order valence-electron chi connectivity index (χ2n) is 10.2. The minimum absolute atomic E-state index is 0.197. The number of aryl methyl sites for hydroxylation is 2. The van der Waals surface area contributed by atoms with Crippen molar-refractivity contribution in [3.05, 3.63) is 77.4 Å². The molecule has 192 valence electrons. The van der Waals surface area contributed by atoms with Gasteiger partial charge in [0.25, 0.3) is 0 Å². The first-order valence-corrected chi connectivity index (χ1v) is 13.2. The highest BCUT2D eigenvalue weighted by Gasteiger charge is 2.16. The molecule has 0 saturated heterocycles. The van der Waals surface area contributed by atoms with Crippen LogP contribution in [0.2, 0.25) is 0 Å². The van der Waals surface area contributed by atoms with Gasteiger partial charge in [0.15, 0.2) is 0 Å². The lowest BCUT2D eigenvalue weighted by atomic mass is 9.97. The van der Waals surface area contributed by atoms with E-state index in [9.17, 15) is 4.39 Å². The molecular formula is C31H46FN3. The fourth-order valence-corrected chi connectivity index (χ4v) is 4.49. The molecule has 1 aromatic heterocycles. The van der Waals surface area contributed by atoms with Crippen molar-refractivity contribution in [3.8, 4) is 0 Å². The molecule has 0 fully saturated rings. The minimum Gasteiger partial charge on any atom is -0.360 e. The number of halogens is 1. The van der Waals surface area contributed by atoms with Gasteiger partial charge < -0.3 is 4.90 Å². The van der Waals surface area contributed by atoms with E-state index in [4.69, 9.17) is 5.10 Å². The summed E-state index contributed by atoms with van der Waals surface area (Å²) in [5, 5.41) is 5.01. The average molecular weight is 480 g/mol. The molecule has 0 aliphatic heterocycles. The summed E-state index contributed by atoms with van der Waals surface area (Å²) in [4.78, 5) is 2.29. The maximum absolute atomic E-state index is 13.6. The van der Waals surface area contributed by atoms with Crippen molar-refractivity contribution < 1.29 is 4.39 Å². The number of hydrogen-bond acceptors (Lipinski definition) is 2.